The Morgan fingerprint density at radius 1 is 1.24 bits per heavy atom. The fourth-order valence-electron chi connectivity index (χ4n) is 4.31. The van der Waals surface area contributed by atoms with E-state index in [-0.39, 0.29) is 30.5 Å². The maximum atomic E-state index is 12.5. The van der Waals surface area contributed by atoms with Crippen LogP contribution in [-0.2, 0) is 33.6 Å². The molecule has 2 aliphatic rings. The van der Waals surface area contributed by atoms with Crippen LogP contribution in [0.4, 0.5) is 0 Å². The van der Waals surface area contributed by atoms with Crippen LogP contribution in [0.1, 0.15) is 61.7 Å². The monoisotopic (exact) mass is 417 g/mol. The molecule has 0 radical (unpaired) electrons. The van der Waals surface area contributed by atoms with Crippen molar-refractivity contribution in [3.8, 4) is 0 Å². The molecule has 1 aliphatic carbocycles. The summed E-state index contributed by atoms with van der Waals surface area (Å²) in [4.78, 5) is 48.1. The molecule has 29 heavy (non-hydrogen) atoms. The normalized spacial score (nSPS) is 19.2. The third-order valence-electron chi connectivity index (χ3n) is 5.92. The second-order valence-corrected chi connectivity index (χ2v) is 9.08. The minimum absolute atomic E-state index is 0.0857. The van der Waals surface area contributed by atoms with Crippen molar-refractivity contribution in [2.24, 2.45) is 0 Å². The number of esters is 1. The van der Waals surface area contributed by atoms with Gasteiger partial charge in [-0.25, -0.2) is 4.98 Å². The molecule has 8 heteroatoms. The third-order valence-corrected chi connectivity index (χ3v) is 7.11. The van der Waals surface area contributed by atoms with Gasteiger partial charge in [-0.2, -0.15) is 0 Å². The van der Waals surface area contributed by atoms with Gasteiger partial charge < -0.3 is 14.6 Å². The molecular formula is C21H27N3O4S. The van der Waals surface area contributed by atoms with Crippen LogP contribution in [0.25, 0.3) is 10.2 Å². The number of carbonyl (C=O) groups is 2. The van der Waals surface area contributed by atoms with Gasteiger partial charge in [0.15, 0.2) is 6.61 Å². The summed E-state index contributed by atoms with van der Waals surface area (Å²) in [5.41, 5.74) is 1.04. The van der Waals surface area contributed by atoms with Gasteiger partial charge in [-0.05, 0) is 57.4 Å². The molecule has 4 rings (SSSR count). The van der Waals surface area contributed by atoms with E-state index in [1.54, 1.807) is 16.2 Å². The number of aromatic amines is 1. The largest absolute Gasteiger partial charge is 0.456 e. The summed E-state index contributed by atoms with van der Waals surface area (Å²) in [7, 11) is 0. The lowest BCUT2D eigenvalue weighted by Gasteiger charge is -2.33. The lowest BCUT2D eigenvalue weighted by Crippen LogP contribution is -2.44. The maximum Gasteiger partial charge on any atom is 0.306 e. The first-order valence-electron chi connectivity index (χ1n) is 10.5. The molecule has 1 atom stereocenters. The molecule has 1 N–H and O–H groups in total. The maximum absolute atomic E-state index is 12.5. The van der Waals surface area contributed by atoms with Crippen LogP contribution in [0.2, 0.25) is 0 Å². The van der Waals surface area contributed by atoms with Gasteiger partial charge >= 0.3 is 5.97 Å². The Bertz CT molecular complexity index is 980. The fraction of sp³-hybridized carbons (Fsp3) is 0.619. The van der Waals surface area contributed by atoms with E-state index < -0.39 is 5.97 Å². The molecule has 156 valence electrons. The predicted molar refractivity (Wildman–Crippen MR) is 111 cm³/mol. The number of aryl methyl sites for hydroxylation is 3. The number of rotatable bonds is 5. The summed E-state index contributed by atoms with van der Waals surface area (Å²) in [6.45, 7) is 2.54. The predicted octanol–water partition coefficient (Wildman–Crippen LogP) is 2.74. The number of piperidine rings is 1. The van der Waals surface area contributed by atoms with Crippen LogP contribution in [-0.4, -0.2) is 45.9 Å². The molecule has 1 aliphatic heterocycles. The van der Waals surface area contributed by atoms with Gasteiger partial charge in [0.1, 0.15) is 10.7 Å². The molecule has 0 unspecified atom stereocenters. The van der Waals surface area contributed by atoms with Crippen molar-refractivity contribution in [2.45, 2.75) is 70.8 Å². The average Bonchev–Trinajstić information content (AvgIpc) is 3.09. The van der Waals surface area contributed by atoms with Gasteiger partial charge in [-0.1, -0.05) is 0 Å². The molecule has 2 aromatic rings. The van der Waals surface area contributed by atoms with Crippen molar-refractivity contribution < 1.29 is 14.3 Å². The average molecular weight is 418 g/mol. The van der Waals surface area contributed by atoms with Gasteiger partial charge in [-0.3, -0.25) is 14.4 Å². The highest BCUT2D eigenvalue weighted by Gasteiger charge is 2.24. The van der Waals surface area contributed by atoms with E-state index in [0.717, 1.165) is 67.3 Å². The van der Waals surface area contributed by atoms with Crippen LogP contribution in [0, 0.1) is 0 Å². The Balaban J connectivity index is 1.34. The lowest BCUT2D eigenvalue weighted by molar-refractivity contribution is -0.153. The van der Waals surface area contributed by atoms with Crippen LogP contribution in [0.5, 0.6) is 0 Å². The molecular weight excluding hydrogens is 390 g/mol. The van der Waals surface area contributed by atoms with Crippen molar-refractivity contribution in [1.82, 2.24) is 14.9 Å². The Morgan fingerprint density at radius 2 is 2.07 bits per heavy atom. The SMILES string of the molecule is C[C@H]1CCCCN1C(=O)COC(=O)CCc1nc2sc3c(c2c(=O)[nH]1)CCCC3. The summed E-state index contributed by atoms with van der Waals surface area (Å²) in [6, 6.07) is 0.201. The molecule has 1 fully saturated rings. The Morgan fingerprint density at radius 3 is 2.90 bits per heavy atom. The van der Waals surface area contributed by atoms with Crippen LogP contribution in [0.15, 0.2) is 4.79 Å². The van der Waals surface area contributed by atoms with Crippen LogP contribution < -0.4 is 5.56 Å². The number of amides is 1. The number of nitrogens with zero attached hydrogens (tertiary/aromatic N) is 2. The number of nitrogens with one attached hydrogen (secondary N) is 1. The Labute approximate surface area is 173 Å². The van der Waals surface area contributed by atoms with Crippen molar-refractivity contribution in [1.29, 1.82) is 0 Å². The topological polar surface area (TPSA) is 92.4 Å². The zero-order valence-electron chi connectivity index (χ0n) is 16.8. The van der Waals surface area contributed by atoms with E-state index in [2.05, 4.69) is 9.97 Å². The quantitative estimate of drug-likeness (QED) is 0.755. The summed E-state index contributed by atoms with van der Waals surface area (Å²) in [5, 5.41) is 0.720. The number of aromatic nitrogens is 2. The second kappa shape index (κ2) is 8.65. The molecule has 1 saturated heterocycles. The number of ether oxygens (including phenoxy) is 1. The number of thiophene rings is 1. The van der Waals surface area contributed by atoms with Crippen LogP contribution >= 0.6 is 11.3 Å². The minimum atomic E-state index is -0.448. The Hall–Kier alpha value is -2.22. The number of H-pyrrole nitrogens is 1. The summed E-state index contributed by atoms with van der Waals surface area (Å²) >= 11 is 1.59. The Kier molecular flexibility index (Phi) is 5.99. The molecule has 0 bridgehead atoms. The zero-order valence-corrected chi connectivity index (χ0v) is 17.6. The van der Waals surface area contributed by atoms with Crippen LogP contribution in [0.3, 0.4) is 0 Å². The smallest absolute Gasteiger partial charge is 0.306 e. The molecule has 3 heterocycles. The number of hydrogen-bond acceptors (Lipinski definition) is 6. The van der Waals surface area contributed by atoms with Crippen molar-refractivity contribution in [3.63, 3.8) is 0 Å². The molecule has 0 spiro atoms. The van der Waals surface area contributed by atoms with Crippen molar-refractivity contribution in [3.05, 3.63) is 26.6 Å². The summed E-state index contributed by atoms with van der Waals surface area (Å²) in [6.07, 6.45) is 7.73. The highest BCUT2D eigenvalue weighted by Crippen LogP contribution is 2.33. The highest BCUT2D eigenvalue weighted by atomic mass is 32.1. The molecule has 1 amide bonds. The highest BCUT2D eigenvalue weighted by molar-refractivity contribution is 7.18. The van der Waals surface area contributed by atoms with Gasteiger partial charge in [0.2, 0.25) is 0 Å². The second-order valence-electron chi connectivity index (χ2n) is 8.00. The first-order chi connectivity index (χ1) is 14.0. The van der Waals surface area contributed by atoms with E-state index in [4.69, 9.17) is 4.74 Å². The van der Waals surface area contributed by atoms with E-state index in [0.29, 0.717) is 12.2 Å². The van der Waals surface area contributed by atoms with Crippen molar-refractivity contribution in [2.75, 3.05) is 13.2 Å². The fourth-order valence-corrected chi connectivity index (χ4v) is 5.59. The molecule has 0 saturated carbocycles. The number of hydrogen-bond donors (Lipinski definition) is 1. The first-order valence-corrected chi connectivity index (χ1v) is 11.3. The summed E-state index contributed by atoms with van der Waals surface area (Å²) < 4.78 is 5.16. The molecule has 2 aromatic heterocycles. The van der Waals surface area contributed by atoms with Gasteiger partial charge in [0, 0.05) is 23.9 Å². The van der Waals surface area contributed by atoms with E-state index in [1.165, 1.54) is 4.88 Å². The minimum Gasteiger partial charge on any atom is -0.456 e. The standard InChI is InChI=1S/C21H27N3O4S/c1-13-6-4-5-11-24(13)17(25)12-28-18(26)10-9-16-22-20(27)19-14-7-2-3-8-15(14)29-21(19)23-16/h13H,2-12H2,1H3,(H,22,23,27)/t13-/m0/s1. The number of likely N-dealkylation sites (tertiary alicyclic amines) is 1. The number of carbonyl (C=O) groups excluding carboxylic acids is 2. The van der Waals surface area contributed by atoms with Gasteiger partial charge in [-0.15, -0.1) is 11.3 Å². The van der Waals surface area contributed by atoms with E-state index in [1.807, 2.05) is 6.92 Å². The van der Waals surface area contributed by atoms with Gasteiger partial charge in [0.05, 0.1) is 11.8 Å². The zero-order chi connectivity index (χ0) is 20.4. The van der Waals surface area contributed by atoms with E-state index in [9.17, 15) is 14.4 Å². The van der Waals surface area contributed by atoms with Gasteiger partial charge in [0.25, 0.3) is 11.5 Å². The first kappa shape index (κ1) is 20.1. The van der Waals surface area contributed by atoms with E-state index >= 15 is 0 Å². The number of fused-ring (bicyclic) bond motifs is 3. The lowest BCUT2D eigenvalue weighted by atomic mass is 9.97. The van der Waals surface area contributed by atoms with Crippen molar-refractivity contribution >= 4 is 33.4 Å². The molecule has 0 aromatic carbocycles. The third kappa shape index (κ3) is 4.37. The molecule has 7 nitrogen and oxygen atoms in total. The summed E-state index contributed by atoms with van der Waals surface area (Å²) in [5.74, 6) is -0.0899.